The van der Waals surface area contributed by atoms with Crippen molar-refractivity contribution in [2.75, 3.05) is 43.3 Å². The van der Waals surface area contributed by atoms with Crippen LogP contribution in [0.25, 0.3) is 0 Å². The Bertz CT molecular complexity index is 1080. The molecule has 0 amide bonds. The van der Waals surface area contributed by atoms with Gasteiger partial charge in [0.2, 0.25) is 11.7 Å². The number of aromatic nitrogens is 2. The van der Waals surface area contributed by atoms with Crippen molar-refractivity contribution in [2.45, 2.75) is 6.92 Å². The van der Waals surface area contributed by atoms with Crippen molar-refractivity contribution in [2.24, 2.45) is 5.14 Å². The summed E-state index contributed by atoms with van der Waals surface area (Å²) in [5, 5.41) is 11.6. The average Bonchev–Trinajstić information content (AvgIpc) is 2.82. The number of nitrogens with one attached hydrogen (secondary N) is 3. The van der Waals surface area contributed by atoms with Gasteiger partial charge in [0.25, 0.3) is 0 Å². The molecule has 2 aromatic carbocycles. The van der Waals surface area contributed by atoms with Crippen LogP contribution in [0.2, 0.25) is 0 Å². The zero-order valence-corrected chi connectivity index (χ0v) is 19.4. The van der Waals surface area contributed by atoms with Gasteiger partial charge < -0.3 is 34.3 Å². The molecule has 0 radical (unpaired) electrons. The van der Waals surface area contributed by atoms with Gasteiger partial charge in [-0.1, -0.05) is 6.07 Å². The molecule has 0 fully saturated rings. The van der Waals surface area contributed by atoms with E-state index in [1.54, 1.807) is 30.3 Å². The summed E-state index contributed by atoms with van der Waals surface area (Å²) in [6.45, 7) is 2.32. The predicted molar refractivity (Wildman–Crippen MR) is 128 cm³/mol. The number of benzene rings is 2. The first-order chi connectivity index (χ1) is 16.0. The molecule has 0 aliphatic heterocycles. The van der Waals surface area contributed by atoms with E-state index in [9.17, 15) is 4.39 Å². The van der Waals surface area contributed by atoms with E-state index < -0.39 is 5.82 Å². The maximum atomic E-state index is 14.5. The number of anilines is 5. The minimum Gasteiger partial charge on any atom is -0.493 e. The van der Waals surface area contributed by atoms with Gasteiger partial charge in [-0.2, -0.15) is 4.98 Å². The van der Waals surface area contributed by atoms with E-state index in [1.165, 1.54) is 21.3 Å². The molecule has 0 aliphatic rings. The lowest BCUT2D eigenvalue weighted by Crippen LogP contribution is -2.06. The second-order valence-corrected chi connectivity index (χ2v) is 6.83. The number of hydrogen-bond acceptors (Lipinski definition) is 11. The number of para-hydroxylation sites is 1. The minimum atomic E-state index is -0.640. The number of halogens is 1. The number of rotatable bonds is 11. The number of hydrogen-bond donors (Lipinski definition) is 4. The number of ether oxygens (including phenoxy) is 4. The Kier molecular flexibility index (Phi) is 8.22. The standard InChI is InChI=1S/C21H25FN6O4S/c1-5-32-15-8-6-7-14(18(15)28-33-23)26-20-13(22)11-24-21(27-20)25-12-9-16(29-2)19(31-4)17(10-12)30-3/h6-11,28H,5,23H2,1-4H3,(H2,24,25,26,27). The molecule has 3 aromatic rings. The Balaban J connectivity index is 1.92. The van der Waals surface area contributed by atoms with Gasteiger partial charge >= 0.3 is 0 Å². The van der Waals surface area contributed by atoms with Crippen molar-refractivity contribution in [1.82, 2.24) is 9.97 Å². The highest BCUT2D eigenvalue weighted by atomic mass is 32.2. The van der Waals surface area contributed by atoms with Crippen molar-refractivity contribution < 1.29 is 23.3 Å². The van der Waals surface area contributed by atoms with Crippen LogP contribution in [0.5, 0.6) is 23.0 Å². The van der Waals surface area contributed by atoms with Gasteiger partial charge in [-0.25, -0.2) is 9.37 Å². The average molecular weight is 477 g/mol. The van der Waals surface area contributed by atoms with Crippen LogP contribution in [0.1, 0.15) is 6.92 Å². The third-order valence-electron chi connectivity index (χ3n) is 4.41. The molecule has 0 atom stereocenters. The highest BCUT2D eigenvalue weighted by Crippen LogP contribution is 2.40. The first-order valence-electron chi connectivity index (χ1n) is 9.78. The van der Waals surface area contributed by atoms with Crippen molar-refractivity contribution in [3.05, 3.63) is 42.3 Å². The normalized spacial score (nSPS) is 10.4. The monoisotopic (exact) mass is 476 g/mol. The summed E-state index contributed by atoms with van der Waals surface area (Å²) in [4.78, 5) is 8.29. The van der Waals surface area contributed by atoms with Gasteiger partial charge in [-0.05, 0) is 19.1 Å². The quantitative estimate of drug-likeness (QED) is 0.293. The Morgan fingerprint density at radius 3 is 2.36 bits per heavy atom. The lowest BCUT2D eigenvalue weighted by atomic mass is 10.2. The van der Waals surface area contributed by atoms with Crippen molar-refractivity contribution in [1.29, 1.82) is 0 Å². The van der Waals surface area contributed by atoms with Crippen LogP contribution in [0, 0.1) is 5.82 Å². The lowest BCUT2D eigenvalue weighted by Gasteiger charge is -2.17. The molecule has 0 unspecified atom stereocenters. The van der Waals surface area contributed by atoms with E-state index in [2.05, 4.69) is 25.3 Å². The van der Waals surface area contributed by atoms with Crippen LogP contribution < -0.4 is 39.4 Å². The summed E-state index contributed by atoms with van der Waals surface area (Å²) in [5.41, 5.74) is 1.64. The molecule has 10 nitrogen and oxygen atoms in total. The SMILES string of the molecule is CCOc1cccc(Nc2nc(Nc3cc(OC)c(OC)c(OC)c3)ncc2F)c1NSN. The Morgan fingerprint density at radius 1 is 1.03 bits per heavy atom. The third kappa shape index (κ3) is 5.59. The molecule has 33 heavy (non-hydrogen) atoms. The topological polar surface area (TPSA) is 125 Å². The molecule has 0 aliphatic carbocycles. The Morgan fingerprint density at radius 2 is 1.76 bits per heavy atom. The molecule has 1 heterocycles. The highest BCUT2D eigenvalue weighted by molar-refractivity contribution is 7.98. The van der Waals surface area contributed by atoms with Crippen molar-refractivity contribution >= 4 is 41.0 Å². The fourth-order valence-corrected chi connectivity index (χ4v) is 3.33. The van der Waals surface area contributed by atoms with Gasteiger partial charge in [0, 0.05) is 30.0 Å². The summed E-state index contributed by atoms with van der Waals surface area (Å²) in [5.74, 6) is 1.37. The fourth-order valence-electron chi connectivity index (χ4n) is 3.00. The number of nitrogens with two attached hydrogens (primary N) is 1. The van der Waals surface area contributed by atoms with Gasteiger partial charge in [0.1, 0.15) is 11.4 Å². The van der Waals surface area contributed by atoms with E-state index in [-0.39, 0.29) is 11.8 Å². The molecule has 0 saturated carbocycles. The second kappa shape index (κ2) is 11.3. The van der Waals surface area contributed by atoms with E-state index in [0.29, 0.717) is 46.7 Å². The summed E-state index contributed by atoms with van der Waals surface area (Å²) >= 11 is 0.896. The third-order valence-corrected chi connectivity index (χ3v) is 4.73. The summed E-state index contributed by atoms with van der Waals surface area (Å²) in [7, 11) is 4.54. The van der Waals surface area contributed by atoms with Crippen molar-refractivity contribution in [3.8, 4) is 23.0 Å². The minimum absolute atomic E-state index is 0.0429. The number of methoxy groups -OCH3 is 3. The molecule has 1 aromatic heterocycles. The molecular formula is C21H25FN6O4S. The zero-order chi connectivity index (χ0) is 23.8. The molecule has 3 rings (SSSR count). The predicted octanol–water partition coefficient (Wildman–Crippen LogP) is 4.46. The fraction of sp³-hybridized carbons (Fsp3) is 0.238. The second-order valence-electron chi connectivity index (χ2n) is 6.39. The van der Waals surface area contributed by atoms with Crippen LogP contribution in [0.4, 0.5) is 33.2 Å². The van der Waals surface area contributed by atoms with Crippen LogP contribution >= 0.6 is 12.1 Å². The van der Waals surface area contributed by atoms with E-state index >= 15 is 0 Å². The zero-order valence-electron chi connectivity index (χ0n) is 18.6. The largest absolute Gasteiger partial charge is 0.493 e. The maximum Gasteiger partial charge on any atom is 0.229 e. The van der Waals surface area contributed by atoms with Crippen molar-refractivity contribution in [3.63, 3.8) is 0 Å². The van der Waals surface area contributed by atoms with Crippen LogP contribution in [-0.2, 0) is 0 Å². The first kappa shape index (κ1) is 24.0. The van der Waals surface area contributed by atoms with E-state index in [0.717, 1.165) is 18.3 Å². The summed E-state index contributed by atoms with van der Waals surface area (Å²) in [6.07, 6.45) is 1.06. The Hall–Kier alpha value is -3.64. The smallest absolute Gasteiger partial charge is 0.229 e. The molecule has 176 valence electrons. The van der Waals surface area contributed by atoms with E-state index in [4.69, 9.17) is 24.1 Å². The highest BCUT2D eigenvalue weighted by Gasteiger charge is 2.16. The first-order valence-corrected chi connectivity index (χ1v) is 10.7. The summed E-state index contributed by atoms with van der Waals surface area (Å²) < 4.78 is 39.1. The molecule has 0 saturated heterocycles. The van der Waals surface area contributed by atoms with Crippen LogP contribution in [0.15, 0.2) is 36.5 Å². The van der Waals surface area contributed by atoms with Gasteiger partial charge in [0.15, 0.2) is 23.1 Å². The molecular weight excluding hydrogens is 451 g/mol. The number of nitrogens with zero attached hydrogens (tertiary/aromatic N) is 2. The molecule has 0 bridgehead atoms. The molecule has 0 spiro atoms. The summed E-state index contributed by atoms with van der Waals surface area (Å²) in [6, 6.07) is 8.67. The van der Waals surface area contributed by atoms with Crippen LogP contribution in [0.3, 0.4) is 0 Å². The van der Waals surface area contributed by atoms with Gasteiger partial charge in [-0.15, -0.1) is 0 Å². The van der Waals surface area contributed by atoms with Gasteiger partial charge in [-0.3, -0.25) is 5.14 Å². The van der Waals surface area contributed by atoms with Crippen LogP contribution in [-0.4, -0.2) is 37.9 Å². The molecule has 5 N–H and O–H groups in total. The van der Waals surface area contributed by atoms with E-state index in [1.807, 2.05) is 6.92 Å². The maximum absolute atomic E-state index is 14.5. The lowest BCUT2D eigenvalue weighted by molar-refractivity contribution is 0.324. The Labute approximate surface area is 195 Å². The van der Waals surface area contributed by atoms with Gasteiger partial charge in [0.05, 0.1) is 39.8 Å². The molecule has 12 heteroatoms.